The number of hydrogen-bond donors (Lipinski definition) is 0. The standard InChI is InChI=1S/C65H47N/c1-63(2)55-28-14-12-26-51(55)53-41-39-50(43-61(53)63)66(48-24-10-5-11-25-48)49-37-34-44(35-38-49)45-36-40-54-52-27-13-15-29-56(52)65(62(54)42-45)59-32-18-16-30-57(59)64(46-20-6-3-7-21-46,47-22-8-4-9-23-47)58-31-17-19-33-60(58)65/h3-43H,1-2H3. The quantitative estimate of drug-likeness (QED) is 0.161. The lowest BCUT2D eigenvalue weighted by molar-refractivity contribution is 0.624. The highest BCUT2D eigenvalue weighted by Gasteiger charge is 2.56. The van der Waals surface area contributed by atoms with Gasteiger partial charge < -0.3 is 4.90 Å². The predicted octanol–water partition coefficient (Wildman–Crippen LogP) is 16.2. The van der Waals surface area contributed by atoms with Crippen LogP contribution in [0.15, 0.2) is 249 Å². The van der Waals surface area contributed by atoms with Gasteiger partial charge in [-0.25, -0.2) is 0 Å². The fraction of sp³-hybridized carbons (Fsp3) is 0.0769. The molecule has 0 radical (unpaired) electrons. The first-order valence-electron chi connectivity index (χ1n) is 23.3. The van der Waals surface area contributed by atoms with Gasteiger partial charge in [0.2, 0.25) is 0 Å². The van der Waals surface area contributed by atoms with E-state index >= 15 is 0 Å². The Morgan fingerprint density at radius 2 is 0.652 bits per heavy atom. The van der Waals surface area contributed by atoms with Crippen molar-refractivity contribution in [3.63, 3.8) is 0 Å². The lowest BCUT2D eigenvalue weighted by atomic mass is 9.51. The Kier molecular flexibility index (Phi) is 8.45. The largest absolute Gasteiger partial charge is 0.310 e. The molecule has 1 heteroatoms. The maximum atomic E-state index is 2.51. The molecule has 0 aromatic heterocycles. The van der Waals surface area contributed by atoms with Crippen LogP contribution in [-0.2, 0) is 16.2 Å². The van der Waals surface area contributed by atoms with Crippen LogP contribution in [0, 0.1) is 0 Å². The summed E-state index contributed by atoms with van der Waals surface area (Å²) in [6.07, 6.45) is 0. The molecule has 0 unspecified atom stereocenters. The van der Waals surface area contributed by atoms with E-state index < -0.39 is 10.8 Å². The van der Waals surface area contributed by atoms with Crippen molar-refractivity contribution >= 4 is 17.1 Å². The summed E-state index contributed by atoms with van der Waals surface area (Å²) < 4.78 is 0. The minimum Gasteiger partial charge on any atom is -0.310 e. The first-order chi connectivity index (χ1) is 32.5. The van der Waals surface area contributed by atoms with Crippen LogP contribution in [0.2, 0.25) is 0 Å². The van der Waals surface area contributed by atoms with E-state index in [1.807, 2.05) is 0 Å². The second-order valence-electron chi connectivity index (χ2n) is 18.7. The number of hydrogen-bond acceptors (Lipinski definition) is 1. The van der Waals surface area contributed by atoms with Crippen molar-refractivity contribution in [3.8, 4) is 33.4 Å². The summed E-state index contributed by atoms with van der Waals surface area (Å²) in [5.41, 5.74) is 23.1. The van der Waals surface area contributed by atoms with Crippen molar-refractivity contribution in [2.75, 3.05) is 4.90 Å². The van der Waals surface area contributed by atoms with Gasteiger partial charge >= 0.3 is 0 Å². The molecule has 312 valence electrons. The van der Waals surface area contributed by atoms with Crippen molar-refractivity contribution in [3.05, 3.63) is 304 Å². The predicted molar refractivity (Wildman–Crippen MR) is 273 cm³/mol. The summed E-state index contributed by atoms with van der Waals surface area (Å²) in [5, 5.41) is 0. The van der Waals surface area contributed by atoms with Crippen LogP contribution < -0.4 is 4.90 Å². The van der Waals surface area contributed by atoms with E-state index in [9.17, 15) is 0 Å². The lowest BCUT2D eigenvalue weighted by Crippen LogP contribution is -2.44. The Morgan fingerprint density at radius 3 is 1.24 bits per heavy atom. The zero-order valence-corrected chi connectivity index (χ0v) is 37.1. The van der Waals surface area contributed by atoms with E-state index in [0.717, 1.165) is 17.1 Å². The highest BCUT2D eigenvalue weighted by Crippen LogP contribution is 2.65. The molecule has 10 aromatic carbocycles. The molecule has 1 spiro atoms. The molecule has 66 heavy (non-hydrogen) atoms. The van der Waals surface area contributed by atoms with Crippen LogP contribution in [0.5, 0.6) is 0 Å². The van der Waals surface area contributed by atoms with E-state index in [2.05, 4.69) is 267 Å². The van der Waals surface area contributed by atoms with Crippen LogP contribution >= 0.6 is 0 Å². The number of anilines is 3. The minimum atomic E-state index is -0.548. The molecule has 0 atom stereocenters. The molecule has 10 aromatic rings. The van der Waals surface area contributed by atoms with E-state index in [0.29, 0.717) is 0 Å². The topological polar surface area (TPSA) is 3.24 Å². The highest BCUT2D eigenvalue weighted by molar-refractivity contribution is 5.92. The fourth-order valence-electron chi connectivity index (χ4n) is 12.4. The summed E-state index contributed by atoms with van der Waals surface area (Å²) in [7, 11) is 0. The molecule has 0 bridgehead atoms. The maximum absolute atomic E-state index is 2.51. The van der Waals surface area contributed by atoms with Crippen molar-refractivity contribution in [2.45, 2.75) is 30.1 Å². The Balaban J connectivity index is 0.983. The number of benzene rings is 10. The van der Waals surface area contributed by atoms with Crippen LogP contribution in [-0.4, -0.2) is 0 Å². The van der Waals surface area contributed by atoms with Gasteiger partial charge in [-0.1, -0.05) is 220 Å². The van der Waals surface area contributed by atoms with Crippen LogP contribution in [0.3, 0.4) is 0 Å². The molecule has 0 amide bonds. The zero-order valence-electron chi connectivity index (χ0n) is 37.1. The molecule has 3 aliphatic rings. The smallest absolute Gasteiger partial charge is 0.0720 e. The van der Waals surface area contributed by atoms with Gasteiger partial charge in [0, 0.05) is 22.5 Å². The summed E-state index contributed by atoms with van der Waals surface area (Å²) >= 11 is 0. The second-order valence-corrected chi connectivity index (χ2v) is 18.7. The number of fused-ring (bicyclic) bond motifs is 12. The van der Waals surface area contributed by atoms with E-state index in [1.165, 1.54) is 89.0 Å². The summed E-state index contributed by atoms with van der Waals surface area (Å²) in [5.74, 6) is 0. The normalized spacial score (nSPS) is 14.9. The van der Waals surface area contributed by atoms with Gasteiger partial charge in [-0.3, -0.25) is 0 Å². The highest BCUT2D eigenvalue weighted by atomic mass is 15.1. The third-order valence-corrected chi connectivity index (χ3v) is 15.2. The van der Waals surface area contributed by atoms with Gasteiger partial charge in [0.15, 0.2) is 0 Å². The summed E-state index contributed by atoms with van der Waals surface area (Å²) in [6, 6.07) is 93.2. The van der Waals surface area contributed by atoms with Crippen molar-refractivity contribution in [1.29, 1.82) is 0 Å². The van der Waals surface area contributed by atoms with Crippen molar-refractivity contribution in [1.82, 2.24) is 0 Å². The molecular weight excluding hydrogens is 795 g/mol. The maximum Gasteiger partial charge on any atom is 0.0720 e. The van der Waals surface area contributed by atoms with Crippen LogP contribution in [0.25, 0.3) is 33.4 Å². The molecule has 0 aliphatic heterocycles. The second kappa shape index (κ2) is 14.5. The summed E-state index contributed by atoms with van der Waals surface area (Å²) in [4.78, 5) is 2.40. The first-order valence-corrected chi connectivity index (χ1v) is 23.3. The number of rotatable bonds is 6. The average Bonchev–Trinajstić information content (AvgIpc) is 3.80. The number of nitrogens with zero attached hydrogens (tertiary/aromatic N) is 1. The molecule has 3 aliphatic carbocycles. The minimum absolute atomic E-state index is 0.0946. The molecule has 0 saturated heterocycles. The van der Waals surface area contributed by atoms with Gasteiger partial charge in [0.25, 0.3) is 0 Å². The van der Waals surface area contributed by atoms with E-state index in [1.54, 1.807) is 0 Å². The average molecular weight is 842 g/mol. The third-order valence-electron chi connectivity index (χ3n) is 15.2. The first kappa shape index (κ1) is 38.5. The molecule has 13 rings (SSSR count). The monoisotopic (exact) mass is 841 g/mol. The van der Waals surface area contributed by atoms with Gasteiger partial charge in [-0.15, -0.1) is 0 Å². The van der Waals surface area contributed by atoms with Crippen molar-refractivity contribution in [2.24, 2.45) is 0 Å². The van der Waals surface area contributed by atoms with Crippen LogP contribution in [0.4, 0.5) is 17.1 Å². The zero-order chi connectivity index (χ0) is 44.0. The van der Waals surface area contributed by atoms with Gasteiger partial charge in [-0.05, 0) is 131 Å². The number of para-hydroxylation sites is 1. The van der Waals surface area contributed by atoms with E-state index in [4.69, 9.17) is 0 Å². The molecule has 1 nitrogen and oxygen atoms in total. The Hall–Kier alpha value is -8.00. The molecule has 0 N–H and O–H groups in total. The fourth-order valence-corrected chi connectivity index (χ4v) is 12.4. The molecule has 0 heterocycles. The molecule has 0 saturated carbocycles. The molecular formula is C65H47N. The SMILES string of the molecule is CC1(C)c2ccccc2-c2ccc(N(c3ccccc3)c3ccc(-c4ccc5c(c4)C4(c6ccccc6-5)c5ccccc5C(c5ccccc5)(c5ccccc5)c5ccccc54)cc3)cc21. The van der Waals surface area contributed by atoms with Gasteiger partial charge in [0.05, 0.1) is 10.8 Å². The van der Waals surface area contributed by atoms with Gasteiger partial charge in [0.1, 0.15) is 0 Å². The Morgan fingerprint density at radius 1 is 0.258 bits per heavy atom. The van der Waals surface area contributed by atoms with Crippen molar-refractivity contribution < 1.29 is 0 Å². The third kappa shape index (κ3) is 5.23. The van der Waals surface area contributed by atoms with Crippen LogP contribution in [0.1, 0.15) is 69.5 Å². The van der Waals surface area contributed by atoms with E-state index in [-0.39, 0.29) is 5.41 Å². The Bertz CT molecular complexity index is 3400. The molecule has 0 fully saturated rings. The summed E-state index contributed by atoms with van der Waals surface area (Å²) in [6.45, 7) is 4.71. The van der Waals surface area contributed by atoms with Gasteiger partial charge in [-0.2, -0.15) is 0 Å². The lowest BCUT2D eigenvalue weighted by Gasteiger charge is -2.50. The Labute approximate surface area is 388 Å².